The van der Waals surface area contributed by atoms with Crippen LogP contribution in [-0.2, 0) is 0 Å². The van der Waals surface area contributed by atoms with Gasteiger partial charge in [-0.3, -0.25) is 4.90 Å². The Morgan fingerprint density at radius 3 is 2.50 bits per heavy atom. The van der Waals surface area contributed by atoms with E-state index in [4.69, 9.17) is 0 Å². The van der Waals surface area contributed by atoms with Gasteiger partial charge in [-0.25, -0.2) is 0 Å². The molecule has 1 saturated heterocycles. The Labute approximate surface area is 113 Å². The molecule has 0 radical (unpaired) electrons. The summed E-state index contributed by atoms with van der Waals surface area (Å²) in [4.78, 5) is 2.89. The maximum atomic E-state index is 3.94. The molecule has 1 atom stereocenters. The molecule has 2 heteroatoms. The molecule has 0 aromatic heterocycles. The Morgan fingerprint density at radius 2 is 1.89 bits per heavy atom. The van der Waals surface area contributed by atoms with Crippen LogP contribution in [0.2, 0.25) is 0 Å². The lowest BCUT2D eigenvalue weighted by Gasteiger charge is -2.55. The van der Waals surface area contributed by atoms with Gasteiger partial charge in [0, 0.05) is 30.7 Å². The van der Waals surface area contributed by atoms with Crippen LogP contribution >= 0.6 is 0 Å². The van der Waals surface area contributed by atoms with Crippen LogP contribution in [0.5, 0.6) is 0 Å². The Morgan fingerprint density at radius 1 is 1.17 bits per heavy atom. The number of nitrogens with zero attached hydrogens (tertiary/aromatic N) is 1. The second kappa shape index (κ2) is 5.13. The van der Waals surface area contributed by atoms with Crippen LogP contribution in [0, 0.1) is 5.92 Å². The third-order valence-electron chi connectivity index (χ3n) is 5.77. The van der Waals surface area contributed by atoms with E-state index in [9.17, 15) is 0 Å². The van der Waals surface area contributed by atoms with Gasteiger partial charge in [-0.05, 0) is 38.0 Å². The molecule has 3 aliphatic rings. The third kappa shape index (κ3) is 2.34. The molecule has 1 unspecified atom stereocenters. The molecule has 0 aromatic carbocycles. The fraction of sp³-hybridized carbons (Fsp3) is 1.00. The van der Waals surface area contributed by atoms with Gasteiger partial charge in [-0.1, -0.05) is 33.1 Å². The first-order chi connectivity index (χ1) is 8.72. The predicted octanol–water partition coefficient (Wildman–Crippen LogP) is 3.17. The van der Waals surface area contributed by atoms with Crippen LogP contribution in [0.25, 0.3) is 0 Å². The Kier molecular flexibility index (Phi) is 3.68. The molecule has 2 saturated carbocycles. The maximum Gasteiger partial charge on any atom is 0.0309 e. The minimum absolute atomic E-state index is 0.489. The highest BCUT2D eigenvalue weighted by atomic mass is 15.3. The van der Waals surface area contributed by atoms with Gasteiger partial charge in [0.05, 0.1) is 0 Å². The Hall–Kier alpha value is -0.0800. The van der Waals surface area contributed by atoms with Crippen molar-refractivity contribution >= 4 is 0 Å². The SMILES string of the molecule is CCC1CNC2(CCCCC2)CN1C1CC(C)C1. The second-order valence-electron chi connectivity index (χ2n) is 7.19. The van der Waals surface area contributed by atoms with Gasteiger partial charge in [0.25, 0.3) is 0 Å². The van der Waals surface area contributed by atoms with E-state index in [1.54, 1.807) is 0 Å². The zero-order valence-corrected chi connectivity index (χ0v) is 12.3. The Bertz CT molecular complexity index is 277. The quantitative estimate of drug-likeness (QED) is 0.810. The van der Waals surface area contributed by atoms with Crippen molar-refractivity contribution in [1.29, 1.82) is 0 Å². The highest BCUT2D eigenvalue weighted by Crippen LogP contribution is 2.38. The number of hydrogen-bond donors (Lipinski definition) is 1. The molecule has 2 nitrogen and oxygen atoms in total. The number of rotatable bonds is 2. The van der Waals surface area contributed by atoms with Gasteiger partial charge in [-0.15, -0.1) is 0 Å². The zero-order valence-electron chi connectivity index (χ0n) is 12.3. The first-order valence-corrected chi connectivity index (χ1v) is 8.23. The average molecular weight is 250 g/mol. The van der Waals surface area contributed by atoms with Crippen molar-refractivity contribution in [2.45, 2.75) is 82.8 Å². The van der Waals surface area contributed by atoms with Crippen LogP contribution in [0.1, 0.15) is 65.2 Å². The summed E-state index contributed by atoms with van der Waals surface area (Å²) in [6, 6.07) is 1.71. The average Bonchev–Trinajstić information content (AvgIpc) is 2.36. The molecule has 0 bridgehead atoms. The second-order valence-corrected chi connectivity index (χ2v) is 7.19. The summed E-state index contributed by atoms with van der Waals surface area (Å²) in [6.45, 7) is 7.35. The molecule has 104 valence electrons. The van der Waals surface area contributed by atoms with Gasteiger partial charge in [0.1, 0.15) is 0 Å². The molecule has 18 heavy (non-hydrogen) atoms. The number of nitrogens with one attached hydrogen (secondary N) is 1. The molecule has 0 aromatic rings. The van der Waals surface area contributed by atoms with E-state index in [1.165, 1.54) is 64.5 Å². The smallest absolute Gasteiger partial charge is 0.0309 e. The van der Waals surface area contributed by atoms with Crippen molar-refractivity contribution in [3.63, 3.8) is 0 Å². The summed E-state index contributed by atoms with van der Waals surface area (Å²) < 4.78 is 0. The molecular formula is C16H30N2. The van der Waals surface area contributed by atoms with E-state index in [0.717, 1.165) is 18.0 Å². The van der Waals surface area contributed by atoms with E-state index < -0.39 is 0 Å². The lowest BCUT2D eigenvalue weighted by atomic mass is 9.75. The monoisotopic (exact) mass is 250 g/mol. The van der Waals surface area contributed by atoms with E-state index in [1.807, 2.05) is 0 Å². The molecule has 2 aliphatic carbocycles. The molecular weight excluding hydrogens is 220 g/mol. The fourth-order valence-electron chi connectivity index (χ4n) is 4.49. The largest absolute Gasteiger partial charge is 0.308 e. The van der Waals surface area contributed by atoms with Crippen LogP contribution < -0.4 is 5.32 Å². The van der Waals surface area contributed by atoms with E-state index in [2.05, 4.69) is 24.1 Å². The number of hydrogen-bond acceptors (Lipinski definition) is 2. The molecule has 3 rings (SSSR count). The van der Waals surface area contributed by atoms with Crippen molar-refractivity contribution in [2.24, 2.45) is 5.92 Å². The standard InChI is InChI=1S/C16H30N2/c1-3-14-11-17-16(7-5-4-6-8-16)12-18(14)15-9-13(2)10-15/h13-15,17H,3-12H2,1-2H3. The van der Waals surface area contributed by atoms with Crippen molar-refractivity contribution < 1.29 is 0 Å². The third-order valence-corrected chi connectivity index (χ3v) is 5.77. The lowest BCUT2D eigenvalue weighted by Crippen LogP contribution is -2.67. The van der Waals surface area contributed by atoms with E-state index >= 15 is 0 Å². The molecule has 1 heterocycles. The van der Waals surface area contributed by atoms with Crippen LogP contribution in [0.3, 0.4) is 0 Å². The molecule has 1 spiro atoms. The first-order valence-electron chi connectivity index (χ1n) is 8.23. The zero-order chi connectivity index (χ0) is 12.6. The van der Waals surface area contributed by atoms with Gasteiger partial charge >= 0.3 is 0 Å². The van der Waals surface area contributed by atoms with Crippen molar-refractivity contribution in [3.8, 4) is 0 Å². The normalized spacial score (nSPS) is 40.7. The lowest BCUT2D eigenvalue weighted by molar-refractivity contribution is -0.0188. The topological polar surface area (TPSA) is 15.3 Å². The van der Waals surface area contributed by atoms with Crippen molar-refractivity contribution in [1.82, 2.24) is 10.2 Å². The van der Waals surface area contributed by atoms with Crippen molar-refractivity contribution in [3.05, 3.63) is 0 Å². The summed E-state index contributed by atoms with van der Waals surface area (Å²) >= 11 is 0. The maximum absolute atomic E-state index is 3.94. The molecule has 1 N–H and O–H groups in total. The van der Waals surface area contributed by atoms with Crippen LogP contribution in [0.15, 0.2) is 0 Å². The summed E-state index contributed by atoms with van der Waals surface area (Å²) in [5, 5.41) is 3.94. The highest BCUT2D eigenvalue weighted by Gasteiger charge is 2.43. The van der Waals surface area contributed by atoms with E-state index in [0.29, 0.717) is 5.54 Å². The summed E-state index contributed by atoms with van der Waals surface area (Å²) in [6.07, 6.45) is 11.4. The minimum Gasteiger partial charge on any atom is -0.308 e. The first kappa shape index (κ1) is 12.9. The fourth-order valence-corrected chi connectivity index (χ4v) is 4.49. The highest BCUT2D eigenvalue weighted by molar-refractivity contribution is 5.02. The molecule has 0 amide bonds. The predicted molar refractivity (Wildman–Crippen MR) is 76.8 cm³/mol. The van der Waals surface area contributed by atoms with E-state index in [-0.39, 0.29) is 0 Å². The minimum atomic E-state index is 0.489. The summed E-state index contributed by atoms with van der Waals surface area (Å²) in [5.74, 6) is 0.977. The van der Waals surface area contributed by atoms with Crippen LogP contribution in [0.4, 0.5) is 0 Å². The van der Waals surface area contributed by atoms with Crippen LogP contribution in [-0.4, -0.2) is 35.6 Å². The number of piperazine rings is 1. The Balaban J connectivity index is 1.68. The molecule has 3 fully saturated rings. The van der Waals surface area contributed by atoms with Gasteiger partial charge in [0.15, 0.2) is 0 Å². The van der Waals surface area contributed by atoms with Crippen molar-refractivity contribution in [2.75, 3.05) is 13.1 Å². The molecule has 1 aliphatic heterocycles. The summed E-state index contributed by atoms with van der Waals surface area (Å²) in [7, 11) is 0. The van der Waals surface area contributed by atoms with Gasteiger partial charge < -0.3 is 5.32 Å². The van der Waals surface area contributed by atoms with Gasteiger partial charge in [0.2, 0.25) is 0 Å². The van der Waals surface area contributed by atoms with Gasteiger partial charge in [-0.2, -0.15) is 0 Å². The summed E-state index contributed by atoms with van der Waals surface area (Å²) in [5.41, 5.74) is 0.489.